The number of benzene rings is 2. The van der Waals surface area contributed by atoms with Gasteiger partial charge in [0, 0.05) is 46.6 Å². The van der Waals surface area contributed by atoms with Crippen molar-refractivity contribution < 1.29 is 0 Å². The Labute approximate surface area is 161 Å². The number of nitrogen functional groups attached to an aromatic ring is 1. The Kier molecular flexibility index (Phi) is 3.76. The van der Waals surface area contributed by atoms with Crippen LogP contribution < -0.4 is 11.1 Å². The minimum absolute atomic E-state index is 0.254. The first-order chi connectivity index (χ1) is 13.7. The normalized spacial score (nSPS) is 11.3. The molecule has 0 amide bonds. The zero-order valence-corrected chi connectivity index (χ0v) is 15.5. The van der Waals surface area contributed by atoms with Crippen LogP contribution in [0.5, 0.6) is 0 Å². The van der Waals surface area contributed by atoms with E-state index in [-0.39, 0.29) is 5.95 Å². The van der Waals surface area contributed by atoms with Crippen LogP contribution in [-0.2, 0) is 6.54 Å². The summed E-state index contributed by atoms with van der Waals surface area (Å²) >= 11 is 0. The van der Waals surface area contributed by atoms with Crippen molar-refractivity contribution >= 4 is 33.6 Å². The van der Waals surface area contributed by atoms with Crippen LogP contribution >= 0.6 is 0 Å². The molecule has 5 rings (SSSR count). The minimum Gasteiger partial charge on any atom is -0.368 e. The number of nitrogens with one attached hydrogen (secondary N) is 3. The molecule has 5 N–H and O–H groups in total. The van der Waals surface area contributed by atoms with Gasteiger partial charge in [-0.05, 0) is 53.8 Å². The van der Waals surface area contributed by atoms with E-state index in [1.807, 2.05) is 12.3 Å². The predicted octanol–water partition coefficient (Wildman–Crippen LogP) is 4.61. The molecular weight excluding hydrogens is 348 g/mol. The highest BCUT2D eigenvalue weighted by molar-refractivity contribution is 5.97. The number of aromatic amines is 2. The summed E-state index contributed by atoms with van der Waals surface area (Å²) in [5, 5.41) is 5.78. The smallest absolute Gasteiger partial charge is 0.221 e. The second-order valence-electron chi connectivity index (χ2n) is 6.96. The maximum Gasteiger partial charge on any atom is 0.221 e. The fourth-order valence-electron chi connectivity index (χ4n) is 3.67. The lowest BCUT2D eigenvalue weighted by atomic mass is 10.0. The van der Waals surface area contributed by atoms with Gasteiger partial charge in [-0.15, -0.1) is 0 Å². The van der Waals surface area contributed by atoms with Gasteiger partial charge in [-0.2, -0.15) is 4.98 Å². The predicted molar refractivity (Wildman–Crippen MR) is 114 cm³/mol. The number of aryl methyl sites for hydroxylation is 1. The molecule has 0 aliphatic carbocycles. The number of fused-ring (bicyclic) bond motifs is 2. The van der Waals surface area contributed by atoms with E-state index >= 15 is 0 Å². The van der Waals surface area contributed by atoms with E-state index in [0.29, 0.717) is 6.54 Å². The van der Waals surface area contributed by atoms with Crippen LogP contribution in [0, 0.1) is 6.92 Å². The summed E-state index contributed by atoms with van der Waals surface area (Å²) in [4.78, 5) is 15.3. The van der Waals surface area contributed by atoms with Crippen molar-refractivity contribution in [2.24, 2.45) is 0 Å². The van der Waals surface area contributed by atoms with Gasteiger partial charge in [-0.1, -0.05) is 18.2 Å². The SMILES string of the molecule is Cc1cc2cc(CNc3nc(N)ncc3-c3cccc4[nH]ccc34)ccc2[nH]1. The number of aromatic nitrogens is 4. The molecule has 0 radical (unpaired) electrons. The first-order valence-corrected chi connectivity index (χ1v) is 9.18. The Bertz CT molecular complexity index is 1300. The number of nitrogens with two attached hydrogens (primary N) is 1. The van der Waals surface area contributed by atoms with Crippen molar-refractivity contribution in [2.45, 2.75) is 13.5 Å². The van der Waals surface area contributed by atoms with E-state index < -0.39 is 0 Å². The third-order valence-corrected chi connectivity index (χ3v) is 4.97. The maximum absolute atomic E-state index is 5.87. The Balaban J connectivity index is 1.51. The van der Waals surface area contributed by atoms with Crippen LogP contribution in [-0.4, -0.2) is 19.9 Å². The first kappa shape index (κ1) is 16.4. The quantitative estimate of drug-likeness (QED) is 0.372. The molecule has 3 aromatic heterocycles. The first-order valence-electron chi connectivity index (χ1n) is 9.18. The van der Waals surface area contributed by atoms with Crippen LogP contribution in [0.3, 0.4) is 0 Å². The van der Waals surface area contributed by atoms with Crippen molar-refractivity contribution in [3.8, 4) is 11.1 Å². The zero-order chi connectivity index (χ0) is 19.1. The molecule has 0 fully saturated rings. The highest BCUT2D eigenvalue weighted by atomic mass is 15.1. The largest absolute Gasteiger partial charge is 0.368 e. The van der Waals surface area contributed by atoms with Gasteiger partial charge in [0.15, 0.2) is 0 Å². The molecule has 0 atom stereocenters. The number of nitrogens with zero attached hydrogens (tertiary/aromatic N) is 2. The van der Waals surface area contributed by atoms with Crippen molar-refractivity contribution in [2.75, 3.05) is 11.1 Å². The van der Waals surface area contributed by atoms with Gasteiger partial charge >= 0.3 is 0 Å². The monoisotopic (exact) mass is 368 g/mol. The summed E-state index contributed by atoms with van der Waals surface area (Å²) in [6, 6.07) is 16.8. The summed E-state index contributed by atoms with van der Waals surface area (Å²) in [6.45, 7) is 2.71. The van der Waals surface area contributed by atoms with Gasteiger partial charge < -0.3 is 21.0 Å². The van der Waals surface area contributed by atoms with Crippen LogP contribution in [0.2, 0.25) is 0 Å². The number of rotatable bonds is 4. The number of H-pyrrole nitrogens is 2. The van der Waals surface area contributed by atoms with Crippen LogP contribution in [0.4, 0.5) is 11.8 Å². The fourth-order valence-corrected chi connectivity index (χ4v) is 3.67. The van der Waals surface area contributed by atoms with Gasteiger partial charge in [0.2, 0.25) is 5.95 Å². The lowest BCUT2D eigenvalue weighted by Gasteiger charge is -2.12. The molecular formula is C22H20N6. The summed E-state index contributed by atoms with van der Waals surface area (Å²) in [5.41, 5.74) is 12.4. The van der Waals surface area contributed by atoms with E-state index in [0.717, 1.165) is 39.1 Å². The Morgan fingerprint density at radius 2 is 1.96 bits per heavy atom. The molecule has 3 heterocycles. The molecule has 6 nitrogen and oxygen atoms in total. The molecule has 5 aromatic rings. The molecule has 138 valence electrons. The second-order valence-corrected chi connectivity index (χ2v) is 6.96. The van der Waals surface area contributed by atoms with Crippen molar-refractivity contribution in [3.05, 3.63) is 72.2 Å². The topological polar surface area (TPSA) is 95.4 Å². The number of hydrogen-bond donors (Lipinski definition) is 4. The van der Waals surface area contributed by atoms with E-state index in [2.05, 4.69) is 74.6 Å². The average Bonchev–Trinajstić information content (AvgIpc) is 3.31. The molecule has 2 aromatic carbocycles. The third kappa shape index (κ3) is 2.85. The summed E-state index contributed by atoms with van der Waals surface area (Å²) in [6.07, 6.45) is 3.72. The molecule has 6 heteroatoms. The van der Waals surface area contributed by atoms with Crippen molar-refractivity contribution in [1.29, 1.82) is 0 Å². The van der Waals surface area contributed by atoms with E-state index in [1.165, 1.54) is 10.9 Å². The average molecular weight is 368 g/mol. The molecule has 0 aliphatic rings. The Morgan fingerprint density at radius 3 is 2.89 bits per heavy atom. The third-order valence-electron chi connectivity index (χ3n) is 4.97. The molecule has 0 saturated heterocycles. The summed E-state index contributed by atoms with van der Waals surface area (Å²) < 4.78 is 0. The van der Waals surface area contributed by atoms with E-state index in [9.17, 15) is 0 Å². The number of anilines is 2. The van der Waals surface area contributed by atoms with Gasteiger partial charge in [0.1, 0.15) is 5.82 Å². The van der Waals surface area contributed by atoms with Gasteiger partial charge in [-0.25, -0.2) is 4.98 Å². The lowest BCUT2D eigenvalue weighted by molar-refractivity contribution is 1.09. The van der Waals surface area contributed by atoms with E-state index in [1.54, 1.807) is 6.20 Å². The molecule has 0 saturated carbocycles. The second kappa shape index (κ2) is 6.42. The minimum atomic E-state index is 0.254. The molecule has 0 bridgehead atoms. The number of hydrogen-bond acceptors (Lipinski definition) is 4. The van der Waals surface area contributed by atoms with Crippen LogP contribution in [0.25, 0.3) is 32.9 Å². The Morgan fingerprint density at radius 1 is 1.04 bits per heavy atom. The van der Waals surface area contributed by atoms with Crippen LogP contribution in [0.15, 0.2) is 60.9 Å². The van der Waals surface area contributed by atoms with Crippen LogP contribution in [0.1, 0.15) is 11.3 Å². The highest BCUT2D eigenvalue weighted by Crippen LogP contribution is 2.32. The van der Waals surface area contributed by atoms with Crippen molar-refractivity contribution in [3.63, 3.8) is 0 Å². The van der Waals surface area contributed by atoms with Gasteiger partial charge in [-0.3, -0.25) is 0 Å². The summed E-state index contributed by atoms with van der Waals surface area (Å²) in [7, 11) is 0. The van der Waals surface area contributed by atoms with Gasteiger partial charge in [0.05, 0.1) is 0 Å². The highest BCUT2D eigenvalue weighted by Gasteiger charge is 2.12. The standard InChI is InChI=1S/C22H20N6/c1-13-9-15-10-14(5-6-19(15)27-13)11-25-21-18(12-26-22(23)28-21)16-3-2-4-20-17(16)7-8-24-20/h2-10,12,24,27H,11H2,1H3,(H3,23,25,26,28). The fraction of sp³-hybridized carbons (Fsp3) is 0.0909. The molecule has 28 heavy (non-hydrogen) atoms. The maximum atomic E-state index is 5.87. The summed E-state index contributed by atoms with van der Waals surface area (Å²) in [5.74, 6) is 0.982. The molecule has 0 spiro atoms. The van der Waals surface area contributed by atoms with E-state index in [4.69, 9.17) is 5.73 Å². The molecule has 0 aliphatic heterocycles. The van der Waals surface area contributed by atoms with Gasteiger partial charge in [0.25, 0.3) is 0 Å². The molecule has 0 unspecified atom stereocenters. The zero-order valence-electron chi connectivity index (χ0n) is 15.5. The lowest BCUT2D eigenvalue weighted by Crippen LogP contribution is -2.06. The van der Waals surface area contributed by atoms with Crippen molar-refractivity contribution in [1.82, 2.24) is 19.9 Å². The Hall–Kier alpha value is -3.80.